The number of carbonyl (C=O) groups is 4. The third-order valence-electron chi connectivity index (χ3n) is 6.24. The van der Waals surface area contributed by atoms with E-state index >= 15 is 0 Å². The SMILES string of the molecule is CCCCn1c(CNC(=O)c2cccc(OC)c2)nnc1S[C@H](C)C(=O)Nc1sc(C(=O)OCC)c(C)c1C(=O)OCC. The molecule has 0 spiro atoms. The first-order valence-corrected chi connectivity index (χ1v) is 15.6. The highest BCUT2D eigenvalue weighted by molar-refractivity contribution is 8.00. The summed E-state index contributed by atoms with van der Waals surface area (Å²) >= 11 is 2.17. The summed E-state index contributed by atoms with van der Waals surface area (Å²) in [5, 5.41) is 14.3. The molecular weight excluding hydrogens is 594 g/mol. The summed E-state index contributed by atoms with van der Waals surface area (Å²) in [6.45, 7) is 9.81. The number of benzene rings is 1. The van der Waals surface area contributed by atoms with Crippen LogP contribution in [0.15, 0.2) is 29.4 Å². The Labute approximate surface area is 258 Å². The van der Waals surface area contributed by atoms with E-state index in [4.69, 9.17) is 14.2 Å². The topological polar surface area (TPSA) is 151 Å². The molecule has 0 radical (unpaired) electrons. The predicted octanol–water partition coefficient (Wildman–Crippen LogP) is 4.86. The Morgan fingerprint density at radius 3 is 2.47 bits per heavy atom. The number of methoxy groups -OCH3 is 1. The smallest absolute Gasteiger partial charge is 0.348 e. The fraction of sp³-hybridized carbons (Fsp3) is 0.448. The minimum Gasteiger partial charge on any atom is -0.497 e. The Kier molecular flexibility index (Phi) is 12.6. The van der Waals surface area contributed by atoms with Crippen LogP contribution in [0.5, 0.6) is 5.75 Å². The molecule has 14 heteroatoms. The van der Waals surface area contributed by atoms with Crippen molar-refractivity contribution in [3.63, 3.8) is 0 Å². The number of unbranched alkanes of at least 4 members (excludes halogenated alkanes) is 1. The van der Waals surface area contributed by atoms with E-state index in [2.05, 4.69) is 27.8 Å². The lowest BCUT2D eigenvalue weighted by Crippen LogP contribution is -2.25. The number of ether oxygens (including phenoxy) is 3. The molecule has 1 aromatic carbocycles. The Morgan fingerprint density at radius 2 is 1.79 bits per heavy atom. The Hall–Kier alpha value is -3.91. The maximum atomic E-state index is 13.3. The van der Waals surface area contributed by atoms with E-state index in [1.165, 1.54) is 18.9 Å². The van der Waals surface area contributed by atoms with Gasteiger partial charge in [-0.2, -0.15) is 0 Å². The van der Waals surface area contributed by atoms with E-state index < -0.39 is 23.1 Å². The van der Waals surface area contributed by atoms with Gasteiger partial charge >= 0.3 is 11.9 Å². The standard InChI is InChI=1S/C29H37N5O7S2/c1-7-10-14-34-21(16-30-25(36)19-12-11-13-20(15-19)39-6)32-33-29(34)42-18(5)24(35)31-26-22(27(37)40-8-2)17(4)23(43-26)28(38)41-9-3/h11-13,15,18H,7-10,14,16H2,1-6H3,(H,30,36)(H,31,35)/t18-/m1/s1. The molecule has 0 unspecified atom stereocenters. The van der Waals surface area contributed by atoms with Crippen molar-refractivity contribution in [1.82, 2.24) is 20.1 Å². The minimum absolute atomic E-state index is 0.126. The van der Waals surface area contributed by atoms with E-state index in [1.807, 2.05) is 4.57 Å². The normalized spacial score (nSPS) is 11.5. The second kappa shape index (κ2) is 16.1. The van der Waals surface area contributed by atoms with E-state index in [0.717, 1.165) is 24.2 Å². The van der Waals surface area contributed by atoms with Gasteiger partial charge in [-0.05, 0) is 57.9 Å². The molecule has 3 aromatic rings. The average Bonchev–Trinajstić information content (AvgIpc) is 3.53. The average molecular weight is 632 g/mol. The van der Waals surface area contributed by atoms with E-state index in [-0.39, 0.29) is 41.1 Å². The van der Waals surface area contributed by atoms with Crippen LogP contribution in [0.25, 0.3) is 0 Å². The molecule has 0 aliphatic rings. The second-order valence-corrected chi connectivity index (χ2v) is 11.6. The molecule has 3 rings (SSSR count). The summed E-state index contributed by atoms with van der Waals surface area (Å²) in [5.41, 5.74) is 0.967. The summed E-state index contributed by atoms with van der Waals surface area (Å²) in [4.78, 5) is 51.5. The van der Waals surface area contributed by atoms with Gasteiger partial charge in [-0.25, -0.2) is 9.59 Å². The number of nitrogens with zero attached hydrogens (tertiary/aromatic N) is 3. The number of nitrogens with one attached hydrogen (secondary N) is 2. The maximum Gasteiger partial charge on any atom is 0.348 e. The van der Waals surface area contributed by atoms with Crippen molar-refractivity contribution < 1.29 is 33.4 Å². The van der Waals surface area contributed by atoms with Gasteiger partial charge in [0.1, 0.15) is 15.6 Å². The molecule has 1 atom stereocenters. The number of hydrogen-bond acceptors (Lipinski definition) is 11. The van der Waals surface area contributed by atoms with Crippen molar-refractivity contribution in [2.45, 2.75) is 71.0 Å². The summed E-state index contributed by atoms with van der Waals surface area (Å²) < 4.78 is 17.4. The van der Waals surface area contributed by atoms with Crippen molar-refractivity contribution in [2.75, 3.05) is 25.6 Å². The van der Waals surface area contributed by atoms with Crippen LogP contribution in [0.2, 0.25) is 0 Å². The third kappa shape index (κ3) is 8.57. The molecule has 0 aliphatic heterocycles. The highest BCUT2D eigenvalue weighted by atomic mass is 32.2. The van der Waals surface area contributed by atoms with E-state index in [9.17, 15) is 19.2 Å². The van der Waals surface area contributed by atoms with Gasteiger partial charge in [-0.15, -0.1) is 21.5 Å². The van der Waals surface area contributed by atoms with Crippen LogP contribution in [0.3, 0.4) is 0 Å². The number of amides is 2. The third-order valence-corrected chi connectivity index (χ3v) is 8.51. The lowest BCUT2D eigenvalue weighted by atomic mass is 10.1. The number of carbonyl (C=O) groups excluding carboxylic acids is 4. The van der Waals surface area contributed by atoms with Crippen molar-refractivity contribution in [3.05, 3.63) is 51.7 Å². The first kappa shape index (κ1) is 33.6. The minimum atomic E-state index is -0.646. The number of rotatable bonds is 15. The summed E-state index contributed by atoms with van der Waals surface area (Å²) in [7, 11) is 1.54. The van der Waals surface area contributed by atoms with Crippen molar-refractivity contribution in [2.24, 2.45) is 0 Å². The van der Waals surface area contributed by atoms with Crippen molar-refractivity contribution in [3.8, 4) is 5.75 Å². The van der Waals surface area contributed by atoms with Gasteiger partial charge in [0, 0.05) is 12.1 Å². The number of hydrogen-bond donors (Lipinski definition) is 2. The Balaban J connectivity index is 1.77. The van der Waals surface area contributed by atoms with Gasteiger partial charge in [0.2, 0.25) is 5.91 Å². The lowest BCUT2D eigenvalue weighted by Gasteiger charge is -2.14. The summed E-state index contributed by atoms with van der Waals surface area (Å²) in [5.74, 6) is -0.760. The molecule has 0 aliphatic carbocycles. The maximum absolute atomic E-state index is 13.3. The predicted molar refractivity (Wildman–Crippen MR) is 164 cm³/mol. The van der Waals surface area contributed by atoms with Gasteiger partial charge in [0.15, 0.2) is 11.0 Å². The molecule has 0 saturated heterocycles. The quantitative estimate of drug-likeness (QED) is 0.176. The zero-order valence-electron chi connectivity index (χ0n) is 25.1. The van der Waals surface area contributed by atoms with Crippen LogP contribution in [-0.4, -0.2) is 64.1 Å². The Bertz CT molecular complexity index is 1450. The number of esters is 2. The summed E-state index contributed by atoms with van der Waals surface area (Å²) in [6.07, 6.45) is 1.77. The Morgan fingerprint density at radius 1 is 1.07 bits per heavy atom. The zero-order chi connectivity index (χ0) is 31.5. The molecule has 0 fully saturated rings. The van der Waals surface area contributed by atoms with Crippen molar-refractivity contribution in [1.29, 1.82) is 0 Å². The fourth-order valence-electron chi connectivity index (χ4n) is 3.97. The number of thioether (sulfide) groups is 1. The second-order valence-electron chi connectivity index (χ2n) is 9.27. The molecule has 43 heavy (non-hydrogen) atoms. The monoisotopic (exact) mass is 631 g/mol. The van der Waals surface area contributed by atoms with Gasteiger partial charge in [0.25, 0.3) is 5.91 Å². The molecule has 2 N–H and O–H groups in total. The highest BCUT2D eigenvalue weighted by Gasteiger charge is 2.29. The van der Waals surface area contributed by atoms with Crippen molar-refractivity contribution >= 4 is 51.9 Å². The van der Waals surface area contributed by atoms with E-state index in [0.29, 0.717) is 34.4 Å². The largest absolute Gasteiger partial charge is 0.497 e. The van der Waals surface area contributed by atoms with Crippen LogP contribution < -0.4 is 15.4 Å². The van der Waals surface area contributed by atoms with Gasteiger partial charge < -0.3 is 29.4 Å². The zero-order valence-corrected chi connectivity index (χ0v) is 26.8. The van der Waals surface area contributed by atoms with E-state index in [1.54, 1.807) is 52.0 Å². The molecule has 12 nitrogen and oxygen atoms in total. The molecular formula is C29H37N5O7S2. The van der Waals surface area contributed by atoms with Crippen LogP contribution in [-0.2, 0) is 27.4 Å². The van der Waals surface area contributed by atoms with Crippen LogP contribution in [0.4, 0.5) is 5.00 Å². The van der Waals surface area contributed by atoms with Gasteiger partial charge in [-0.3, -0.25) is 9.59 Å². The number of anilines is 1. The highest BCUT2D eigenvalue weighted by Crippen LogP contribution is 2.35. The molecule has 2 amide bonds. The molecule has 0 saturated carbocycles. The first-order chi connectivity index (χ1) is 20.6. The fourth-order valence-corrected chi connectivity index (χ4v) is 5.96. The first-order valence-electron chi connectivity index (χ1n) is 13.9. The lowest BCUT2D eigenvalue weighted by molar-refractivity contribution is -0.115. The van der Waals surface area contributed by atoms with Gasteiger partial charge in [0.05, 0.1) is 37.7 Å². The molecule has 232 valence electrons. The molecule has 2 aromatic heterocycles. The number of aromatic nitrogens is 3. The van der Waals surface area contributed by atoms with Gasteiger partial charge in [-0.1, -0.05) is 31.2 Å². The van der Waals surface area contributed by atoms with Crippen LogP contribution in [0, 0.1) is 6.92 Å². The van der Waals surface area contributed by atoms with Crippen LogP contribution >= 0.6 is 23.1 Å². The van der Waals surface area contributed by atoms with Crippen LogP contribution in [0.1, 0.15) is 82.3 Å². The summed E-state index contributed by atoms with van der Waals surface area (Å²) in [6, 6.07) is 6.84. The molecule has 0 bridgehead atoms. The molecule has 2 heterocycles. The number of thiophene rings is 1.